The number of aryl methyl sites for hydroxylation is 2. The first-order valence-corrected chi connectivity index (χ1v) is 12.4. The summed E-state index contributed by atoms with van der Waals surface area (Å²) in [7, 11) is 1.67. The van der Waals surface area contributed by atoms with Gasteiger partial charge in [0, 0.05) is 36.3 Å². The van der Waals surface area contributed by atoms with Crippen molar-refractivity contribution in [2.45, 2.75) is 32.9 Å². The van der Waals surface area contributed by atoms with E-state index in [0.717, 1.165) is 41.1 Å². The van der Waals surface area contributed by atoms with E-state index in [4.69, 9.17) is 16.3 Å². The second-order valence-electron chi connectivity index (χ2n) is 8.98. The van der Waals surface area contributed by atoms with Gasteiger partial charge in [-0.05, 0) is 59.9 Å². The van der Waals surface area contributed by atoms with Gasteiger partial charge in [0.25, 0.3) is 0 Å². The topological polar surface area (TPSA) is 65.6 Å². The largest absolute Gasteiger partial charge is 0.497 e. The number of amides is 2. The normalized spacial score (nSPS) is 17.3. The van der Waals surface area contributed by atoms with Crippen LogP contribution in [0.5, 0.6) is 5.75 Å². The van der Waals surface area contributed by atoms with Crippen molar-refractivity contribution in [2.24, 2.45) is 5.92 Å². The molecule has 1 saturated heterocycles. The third-order valence-electron chi connectivity index (χ3n) is 6.56. The van der Waals surface area contributed by atoms with E-state index in [2.05, 4.69) is 59.5 Å². The van der Waals surface area contributed by atoms with Crippen LogP contribution in [0.3, 0.4) is 0 Å². The summed E-state index contributed by atoms with van der Waals surface area (Å²) in [5, 5.41) is 3.68. The molecule has 0 saturated carbocycles. The molecule has 0 bridgehead atoms. The van der Waals surface area contributed by atoms with Gasteiger partial charge in [-0.15, -0.1) is 0 Å². The van der Waals surface area contributed by atoms with Gasteiger partial charge in [-0.3, -0.25) is 5.43 Å². The van der Waals surface area contributed by atoms with Crippen molar-refractivity contribution < 1.29 is 9.53 Å². The molecule has 1 aliphatic heterocycles. The van der Waals surface area contributed by atoms with E-state index in [0.29, 0.717) is 18.1 Å². The summed E-state index contributed by atoms with van der Waals surface area (Å²) in [6.07, 6.45) is 0.988. The third-order valence-corrected chi connectivity index (χ3v) is 6.79. The number of hydrogen-bond acceptors (Lipinski definition) is 4. The van der Waals surface area contributed by atoms with Crippen LogP contribution in [0.2, 0.25) is 5.02 Å². The van der Waals surface area contributed by atoms with Crippen LogP contribution in [-0.2, 0) is 13.0 Å². The molecule has 1 heterocycles. The van der Waals surface area contributed by atoms with Crippen molar-refractivity contribution in [3.05, 3.63) is 94.0 Å². The lowest BCUT2D eigenvalue weighted by atomic mass is 9.94. The molecule has 0 aromatic heterocycles. The molecule has 2 atom stereocenters. The Morgan fingerprint density at radius 3 is 2.49 bits per heavy atom. The first-order chi connectivity index (χ1) is 17.0. The van der Waals surface area contributed by atoms with Crippen molar-refractivity contribution in [1.82, 2.24) is 15.8 Å². The smallest absolute Gasteiger partial charge is 0.322 e. The van der Waals surface area contributed by atoms with Gasteiger partial charge in [0.15, 0.2) is 0 Å². The maximum atomic E-state index is 13.5. The number of hydrazine groups is 1. The molecule has 0 aliphatic carbocycles. The first kappa shape index (κ1) is 25.0. The number of methoxy groups -OCH3 is 1. The van der Waals surface area contributed by atoms with Crippen LogP contribution in [0.4, 0.5) is 10.5 Å². The molecule has 0 spiro atoms. The molecule has 6 nitrogen and oxygen atoms in total. The van der Waals surface area contributed by atoms with Crippen LogP contribution < -0.4 is 20.9 Å². The minimum atomic E-state index is -0.143. The van der Waals surface area contributed by atoms with Gasteiger partial charge in [0.1, 0.15) is 5.75 Å². The summed E-state index contributed by atoms with van der Waals surface area (Å²) < 4.78 is 5.31. The number of rotatable bonds is 8. The maximum Gasteiger partial charge on any atom is 0.322 e. The molecule has 3 N–H and O–H groups in total. The number of hydrogen-bond donors (Lipinski definition) is 3. The molecule has 3 aromatic carbocycles. The highest BCUT2D eigenvalue weighted by Crippen LogP contribution is 2.28. The fourth-order valence-electron chi connectivity index (χ4n) is 4.40. The first-order valence-electron chi connectivity index (χ1n) is 12.0. The molecule has 35 heavy (non-hydrogen) atoms. The van der Waals surface area contributed by atoms with E-state index < -0.39 is 0 Å². The Bertz CT molecular complexity index is 1130. The number of urea groups is 1. The number of nitrogens with zero attached hydrogens (tertiary/aromatic N) is 1. The lowest BCUT2D eigenvalue weighted by Crippen LogP contribution is -2.40. The second-order valence-corrected chi connectivity index (χ2v) is 9.41. The van der Waals surface area contributed by atoms with Crippen LogP contribution in [0.25, 0.3) is 0 Å². The molecule has 1 aliphatic rings. The molecule has 0 radical (unpaired) electrons. The van der Waals surface area contributed by atoms with Crippen LogP contribution in [0.1, 0.15) is 35.2 Å². The Kier molecular flexibility index (Phi) is 8.29. The highest BCUT2D eigenvalue weighted by atomic mass is 35.5. The number of anilines is 1. The standard InChI is InChI=1S/C28H33ClN4O2/c1-4-20-6-8-21(9-7-20)17-33(28(34)31-26-15-24(29)12-5-19(26)2)18-23-16-30-32-27(23)22-10-13-25(35-3)14-11-22/h5-15,23,27,30,32H,4,16-18H2,1-3H3,(H,31,34). The molecule has 2 unspecified atom stereocenters. The summed E-state index contributed by atoms with van der Waals surface area (Å²) >= 11 is 6.19. The number of benzene rings is 3. The molecule has 2 amide bonds. The number of carbonyl (C=O) groups is 1. The zero-order valence-corrected chi connectivity index (χ0v) is 21.2. The second kappa shape index (κ2) is 11.6. The minimum Gasteiger partial charge on any atom is -0.497 e. The SMILES string of the molecule is CCc1ccc(CN(CC2CNNC2c2ccc(OC)cc2)C(=O)Nc2cc(Cl)ccc2C)cc1. The summed E-state index contributed by atoms with van der Waals surface area (Å²) in [6.45, 7) is 5.95. The summed E-state index contributed by atoms with van der Waals surface area (Å²) in [4.78, 5) is 15.4. The van der Waals surface area contributed by atoms with E-state index >= 15 is 0 Å². The Balaban J connectivity index is 1.55. The molecular weight excluding hydrogens is 460 g/mol. The lowest BCUT2D eigenvalue weighted by molar-refractivity contribution is 0.196. The van der Waals surface area contributed by atoms with Crippen LogP contribution >= 0.6 is 11.6 Å². The zero-order chi connectivity index (χ0) is 24.8. The number of ether oxygens (including phenoxy) is 1. The molecular formula is C28H33ClN4O2. The minimum absolute atomic E-state index is 0.0755. The van der Waals surface area contributed by atoms with Crippen LogP contribution in [0, 0.1) is 12.8 Å². The Morgan fingerprint density at radius 1 is 1.09 bits per heavy atom. The number of carbonyl (C=O) groups excluding carboxylic acids is 1. The van der Waals surface area contributed by atoms with E-state index in [1.807, 2.05) is 36.1 Å². The molecule has 184 valence electrons. The van der Waals surface area contributed by atoms with E-state index in [9.17, 15) is 4.79 Å². The highest BCUT2D eigenvalue weighted by molar-refractivity contribution is 6.31. The van der Waals surface area contributed by atoms with Gasteiger partial charge in [-0.25, -0.2) is 10.2 Å². The Labute approximate surface area is 212 Å². The van der Waals surface area contributed by atoms with Crippen molar-refractivity contribution in [1.29, 1.82) is 0 Å². The predicted octanol–water partition coefficient (Wildman–Crippen LogP) is 5.72. The summed E-state index contributed by atoms with van der Waals surface area (Å²) in [5.41, 5.74) is 11.9. The monoisotopic (exact) mass is 492 g/mol. The molecule has 7 heteroatoms. The number of halogens is 1. The van der Waals surface area contributed by atoms with Gasteiger partial charge in [-0.2, -0.15) is 0 Å². The van der Waals surface area contributed by atoms with Gasteiger partial charge in [-0.1, -0.05) is 61.0 Å². The van der Waals surface area contributed by atoms with Gasteiger partial charge in [0.2, 0.25) is 0 Å². The molecule has 3 aromatic rings. The van der Waals surface area contributed by atoms with Gasteiger partial charge in [0.05, 0.1) is 13.2 Å². The maximum absolute atomic E-state index is 13.5. The summed E-state index contributed by atoms with van der Waals surface area (Å²) in [6, 6.07) is 22.0. The van der Waals surface area contributed by atoms with Crippen molar-refractivity contribution >= 4 is 23.3 Å². The van der Waals surface area contributed by atoms with Crippen molar-refractivity contribution in [3.8, 4) is 5.75 Å². The average molecular weight is 493 g/mol. The van der Waals surface area contributed by atoms with E-state index in [-0.39, 0.29) is 18.0 Å². The Morgan fingerprint density at radius 2 is 1.80 bits per heavy atom. The summed E-state index contributed by atoms with van der Waals surface area (Å²) in [5.74, 6) is 1.01. The highest BCUT2D eigenvalue weighted by Gasteiger charge is 2.31. The van der Waals surface area contributed by atoms with Crippen molar-refractivity contribution in [2.75, 3.05) is 25.5 Å². The van der Waals surface area contributed by atoms with Gasteiger partial charge < -0.3 is 15.0 Å². The fraction of sp³-hybridized carbons (Fsp3) is 0.321. The number of nitrogens with one attached hydrogen (secondary N) is 3. The Hall–Kier alpha value is -3.06. The van der Waals surface area contributed by atoms with Crippen molar-refractivity contribution in [3.63, 3.8) is 0 Å². The van der Waals surface area contributed by atoms with Gasteiger partial charge >= 0.3 is 6.03 Å². The third kappa shape index (κ3) is 6.34. The lowest BCUT2D eigenvalue weighted by Gasteiger charge is -2.29. The van der Waals surface area contributed by atoms with Crippen LogP contribution in [-0.4, -0.2) is 31.1 Å². The van der Waals surface area contributed by atoms with Crippen LogP contribution in [0.15, 0.2) is 66.7 Å². The zero-order valence-electron chi connectivity index (χ0n) is 20.5. The average Bonchev–Trinajstić information content (AvgIpc) is 3.34. The van der Waals surface area contributed by atoms with E-state index in [1.165, 1.54) is 5.56 Å². The predicted molar refractivity (Wildman–Crippen MR) is 142 cm³/mol. The fourth-order valence-corrected chi connectivity index (χ4v) is 4.57. The van der Waals surface area contributed by atoms with E-state index in [1.54, 1.807) is 13.2 Å². The quantitative estimate of drug-likeness (QED) is 0.376. The molecule has 1 fully saturated rings. The molecule has 4 rings (SSSR count).